The topological polar surface area (TPSA) is 76.5 Å². The van der Waals surface area contributed by atoms with Crippen LogP contribution in [0, 0.1) is 25.2 Å². The van der Waals surface area contributed by atoms with Gasteiger partial charge in [-0.2, -0.15) is 5.26 Å². The molecule has 2 aromatic heterocycles. The molecule has 0 bridgehead atoms. The van der Waals surface area contributed by atoms with E-state index in [1.165, 1.54) is 10.9 Å². The third-order valence-corrected chi connectivity index (χ3v) is 4.10. The van der Waals surface area contributed by atoms with Crippen molar-refractivity contribution in [3.05, 3.63) is 64.5 Å². The summed E-state index contributed by atoms with van der Waals surface area (Å²) in [6.45, 7) is 3.87. The van der Waals surface area contributed by atoms with Crippen molar-refractivity contribution in [3.63, 3.8) is 0 Å². The first kappa shape index (κ1) is 16.0. The number of halogens is 1. The molecule has 0 spiro atoms. The second-order valence-electron chi connectivity index (χ2n) is 5.41. The summed E-state index contributed by atoms with van der Waals surface area (Å²) in [5.41, 5.74) is 3.34. The van der Waals surface area contributed by atoms with Gasteiger partial charge in [0.1, 0.15) is 12.4 Å². The summed E-state index contributed by atoms with van der Waals surface area (Å²) in [4.78, 5) is 12.6. The van der Waals surface area contributed by atoms with Gasteiger partial charge in [0.05, 0.1) is 6.54 Å². The maximum absolute atomic E-state index is 12.6. The Balaban J connectivity index is 1.95. The van der Waals surface area contributed by atoms with Gasteiger partial charge in [-0.15, -0.1) is 10.2 Å². The van der Waals surface area contributed by atoms with Gasteiger partial charge in [-0.05, 0) is 44.2 Å². The number of nitriles is 1. The number of benzene rings is 1. The Morgan fingerprint density at radius 3 is 2.67 bits per heavy atom. The molecule has 0 amide bonds. The number of rotatable bonds is 4. The molecule has 6 nitrogen and oxygen atoms in total. The number of hydrogen-bond donors (Lipinski definition) is 0. The third kappa shape index (κ3) is 2.82. The van der Waals surface area contributed by atoms with E-state index < -0.39 is 0 Å². The molecule has 0 fully saturated rings. The summed E-state index contributed by atoms with van der Waals surface area (Å²) in [5, 5.41) is 17.0. The van der Waals surface area contributed by atoms with Crippen molar-refractivity contribution in [2.24, 2.45) is 0 Å². The zero-order valence-corrected chi connectivity index (χ0v) is 13.9. The second-order valence-corrected chi connectivity index (χ2v) is 5.85. The SMILES string of the molecule is Cc1cc(C(=O)Cn2cnnc2C#N)c(C)n1-c1ccc(Cl)cc1. The van der Waals surface area contributed by atoms with E-state index in [-0.39, 0.29) is 18.2 Å². The van der Waals surface area contributed by atoms with Crippen molar-refractivity contribution in [1.29, 1.82) is 5.26 Å². The summed E-state index contributed by atoms with van der Waals surface area (Å²) in [7, 11) is 0. The van der Waals surface area contributed by atoms with Gasteiger partial charge in [0, 0.05) is 27.7 Å². The zero-order valence-electron chi connectivity index (χ0n) is 13.2. The Bertz CT molecular complexity index is 947. The van der Waals surface area contributed by atoms with Crippen LogP contribution < -0.4 is 0 Å². The molecular weight excluding hydrogens is 326 g/mol. The third-order valence-electron chi connectivity index (χ3n) is 3.85. The van der Waals surface area contributed by atoms with E-state index in [9.17, 15) is 4.79 Å². The average molecular weight is 340 g/mol. The van der Waals surface area contributed by atoms with Gasteiger partial charge in [0.25, 0.3) is 0 Å². The van der Waals surface area contributed by atoms with Gasteiger partial charge in [-0.3, -0.25) is 9.36 Å². The molecular formula is C17H14ClN5O. The first-order valence-electron chi connectivity index (χ1n) is 7.27. The molecule has 0 saturated heterocycles. The quantitative estimate of drug-likeness (QED) is 0.684. The molecule has 1 aromatic carbocycles. The maximum atomic E-state index is 12.6. The number of carbonyl (C=O) groups excluding carboxylic acids is 1. The molecule has 24 heavy (non-hydrogen) atoms. The molecule has 0 atom stereocenters. The Morgan fingerprint density at radius 2 is 2.00 bits per heavy atom. The van der Waals surface area contributed by atoms with Gasteiger partial charge in [0.15, 0.2) is 5.78 Å². The van der Waals surface area contributed by atoms with Gasteiger partial charge in [-0.1, -0.05) is 11.6 Å². The maximum Gasteiger partial charge on any atom is 0.235 e. The summed E-state index contributed by atoms with van der Waals surface area (Å²) in [5.74, 6) is 0.0227. The second kappa shape index (κ2) is 6.30. The van der Waals surface area contributed by atoms with Gasteiger partial charge in [-0.25, -0.2) is 0 Å². The predicted octanol–water partition coefficient (Wildman–Crippen LogP) is 3.09. The molecule has 0 aliphatic carbocycles. The fourth-order valence-corrected chi connectivity index (χ4v) is 2.86. The molecule has 120 valence electrons. The zero-order chi connectivity index (χ0) is 17.3. The van der Waals surface area contributed by atoms with Gasteiger partial charge in [0.2, 0.25) is 5.82 Å². The highest BCUT2D eigenvalue weighted by atomic mass is 35.5. The highest BCUT2D eigenvalue weighted by molar-refractivity contribution is 6.30. The van der Waals surface area contributed by atoms with Crippen LogP contribution in [0.5, 0.6) is 0 Å². The number of aromatic nitrogens is 4. The molecule has 0 unspecified atom stereocenters. The number of ketones is 1. The minimum atomic E-state index is -0.0976. The van der Waals surface area contributed by atoms with Crippen molar-refractivity contribution in [3.8, 4) is 11.8 Å². The predicted molar refractivity (Wildman–Crippen MR) is 89.3 cm³/mol. The summed E-state index contributed by atoms with van der Waals surface area (Å²) in [6.07, 6.45) is 1.38. The molecule has 0 aliphatic rings. The standard InChI is InChI=1S/C17H14ClN5O/c1-11-7-15(16(24)9-22-10-20-21-17(22)8-19)12(2)23(11)14-5-3-13(18)4-6-14/h3-7,10H,9H2,1-2H3. The van der Waals surface area contributed by atoms with Crippen LogP contribution in [0.3, 0.4) is 0 Å². The van der Waals surface area contributed by atoms with Gasteiger partial charge >= 0.3 is 0 Å². The van der Waals surface area contributed by atoms with Crippen LogP contribution in [-0.2, 0) is 6.54 Å². The van der Waals surface area contributed by atoms with Gasteiger partial charge < -0.3 is 4.57 Å². The van der Waals surface area contributed by atoms with Crippen molar-refractivity contribution in [2.45, 2.75) is 20.4 Å². The van der Waals surface area contributed by atoms with Crippen LogP contribution in [0.25, 0.3) is 5.69 Å². The van der Waals surface area contributed by atoms with Crippen LogP contribution in [0.1, 0.15) is 27.6 Å². The highest BCUT2D eigenvalue weighted by Gasteiger charge is 2.18. The van der Waals surface area contributed by atoms with Crippen molar-refractivity contribution >= 4 is 17.4 Å². The van der Waals surface area contributed by atoms with Crippen LogP contribution in [0.2, 0.25) is 5.02 Å². The smallest absolute Gasteiger partial charge is 0.235 e. The average Bonchev–Trinajstić information content (AvgIpc) is 3.12. The lowest BCUT2D eigenvalue weighted by atomic mass is 10.1. The van der Waals surface area contributed by atoms with E-state index in [2.05, 4.69) is 10.2 Å². The lowest BCUT2D eigenvalue weighted by molar-refractivity contribution is 0.0971. The molecule has 7 heteroatoms. The molecule has 0 aliphatic heterocycles. The summed E-state index contributed by atoms with van der Waals surface area (Å²) >= 11 is 5.94. The van der Waals surface area contributed by atoms with E-state index in [0.717, 1.165) is 17.1 Å². The molecule has 0 N–H and O–H groups in total. The monoisotopic (exact) mass is 339 g/mol. The van der Waals surface area contributed by atoms with Crippen LogP contribution in [0.15, 0.2) is 36.7 Å². The number of hydrogen-bond acceptors (Lipinski definition) is 4. The Morgan fingerprint density at radius 1 is 1.29 bits per heavy atom. The number of nitrogens with zero attached hydrogens (tertiary/aromatic N) is 5. The normalized spacial score (nSPS) is 10.6. The van der Waals surface area contributed by atoms with Crippen LogP contribution >= 0.6 is 11.6 Å². The Hall–Kier alpha value is -2.91. The first-order chi connectivity index (χ1) is 11.5. The van der Waals surface area contributed by atoms with Crippen molar-refractivity contribution in [2.75, 3.05) is 0 Å². The Kier molecular flexibility index (Phi) is 4.19. The lowest BCUT2D eigenvalue weighted by Crippen LogP contribution is -2.12. The Labute approximate surface area is 143 Å². The minimum Gasteiger partial charge on any atom is -0.318 e. The fourth-order valence-electron chi connectivity index (χ4n) is 2.73. The number of carbonyl (C=O) groups is 1. The van der Waals surface area contributed by atoms with Crippen molar-refractivity contribution < 1.29 is 4.79 Å². The fraction of sp³-hybridized carbons (Fsp3) is 0.176. The van der Waals surface area contributed by atoms with E-state index in [4.69, 9.17) is 16.9 Å². The molecule has 0 radical (unpaired) electrons. The van der Waals surface area contributed by atoms with Crippen molar-refractivity contribution in [1.82, 2.24) is 19.3 Å². The first-order valence-corrected chi connectivity index (χ1v) is 7.65. The molecule has 3 aromatic rings. The molecule has 3 rings (SSSR count). The largest absolute Gasteiger partial charge is 0.318 e. The molecule has 0 saturated carbocycles. The van der Waals surface area contributed by atoms with E-state index in [1.807, 2.05) is 54.8 Å². The van der Waals surface area contributed by atoms with E-state index >= 15 is 0 Å². The van der Waals surface area contributed by atoms with E-state index in [1.54, 1.807) is 0 Å². The summed E-state index contributed by atoms with van der Waals surface area (Å²) in [6, 6.07) is 11.2. The number of aryl methyl sites for hydroxylation is 1. The molecule has 2 heterocycles. The van der Waals surface area contributed by atoms with Crippen LogP contribution in [-0.4, -0.2) is 25.1 Å². The van der Waals surface area contributed by atoms with Crippen LogP contribution in [0.4, 0.5) is 0 Å². The number of Topliss-reactive ketones (excluding diaryl/α,β-unsaturated/α-hetero) is 1. The summed E-state index contributed by atoms with van der Waals surface area (Å²) < 4.78 is 3.44. The highest BCUT2D eigenvalue weighted by Crippen LogP contribution is 2.23. The lowest BCUT2D eigenvalue weighted by Gasteiger charge is -2.10. The minimum absolute atomic E-state index is 0.0286. The van der Waals surface area contributed by atoms with E-state index in [0.29, 0.717) is 10.6 Å².